The molecule has 0 bridgehead atoms. The lowest BCUT2D eigenvalue weighted by molar-refractivity contribution is 0.107. The van der Waals surface area contributed by atoms with Gasteiger partial charge >= 0.3 is 0 Å². The number of nitrogens with one attached hydrogen (secondary N) is 1. The highest BCUT2D eigenvalue weighted by Crippen LogP contribution is 2.21. The number of rotatable bonds is 7. The van der Waals surface area contributed by atoms with E-state index >= 15 is 0 Å². The van der Waals surface area contributed by atoms with Gasteiger partial charge in [-0.3, -0.25) is 4.68 Å². The maximum atomic E-state index is 12.2. The van der Waals surface area contributed by atoms with Gasteiger partial charge in [-0.25, -0.2) is 13.1 Å². The van der Waals surface area contributed by atoms with Crippen LogP contribution < -0.4 is 9.46 Å². The molecule has 0 saturated heterocycles. The van der Waals surface area contributed by atoms with Crippen LogP contribution in [0, 0.1) is 0 Å². The third kappa shape index (κ3) is 3.85. The van der Waals surface area contributed by atoms with Gasteiger partial charge in [0.1, 0.15) is 10.6 Å². The van der Waals surface area contributed by atoms with Gasteiger partial charge in [-0.05, 0) is 17.7 Å². The van der Waals surface area contributed by atoms with Gasteiger partial charge in [0.05, 0.1) is 19.4 Å². The molecule has 1 aromatic heterocycles. The Morgan fingerprint density at radius 2 is 2.14 bits per heavy atom. The molecule has 8 heteroatoms. The highest BCUT2D eigenvalue weighted by atomic mass is 32.2. The molecule has 0 amide bonds. The molecule has 0 radical (unpaired) electrons. The van der Waals surface area contributed by atoms with Gasteiger partial charge in [-0.15, -0.1) is 0 Å². The lowest BCUT2D eigenvalue weighted by Crippen LogP contribution is -2.29. The summed E-state index contributed by atoms with van der Waals surface area (Å²) in [5, 5.41) is 3.86. The van der Waals surface area contributed by atoms with E-state index in [4.69, 9.17) is 9.47 Å². The van der Waals surface area contributed by atoms with Crippen molar-refractivity contribution in [2.45, 2.75) is 11.0 Å². The molecule has 0 aliphatic heterocycles. The molecule has 1 atom stereocenters. The Morgan fingerprint density at radius 1 is 1.36 bits per heavy atom. The van der Waals surface area contributed by atoms with Crippen LogP contribution in [0.25, 0.3) is 0 Å². The monoisotopic (exact) mass is 325 g/mol. The van der Waals surface area contributed by atoms with E-state index in [1.54, 1.807) is 14.2 Å². The molecule has 0 spiro atoms. The van der Waals surface area contributed by atoms with Crippen molar-refractivity contribution in [3.63, 3.8) is 0 Å². The molecular weight excluding hydrogens is 306 g/mol. The first-order chi connectivity index (χ1) is 10.5. The van der Waals surface area contributed by atoms with Crippen LogP contribution in [-0.2, 0) is 21.8 Å². The topological polar surface area (TPSA) is 82.5 Å². The van der Waals surface area contributed by atoms with Crippen molar-refractivity contribution in [2.24, 2.45) is 7.05 Å². The predicted molar refractivity (Wildman–Crippen MR) is 81.1 cm³/mol. The number of benzene rings is 1. The second-order valence-electron chi connectivity index (χ2n) is 4.70. The first kappa shape index (κ1) is 16.5. The van der Waals surface area contributed by atoms with Gasteiger partial charge in [0.25, 0.3) is 0 Å². The average Bonchev–Trinajstić information content (AvgIpc) is 2.95. The molecule has 1 aromatic carbocycles. The molecule has 0 aliphatic carbocycles. The first-order valence-corrected chi connectivity index (χ1v) is 8.09. The molecule has 7 nitrogen and oxygen atoms in total. The van der Waals surface area contributed by atoms with Crippen molar-refractivity contribution in [3.05, 3.63) is 42.2 Å². The van der Waals surface area contributed by atoms with E-state index < -0.39 is 16.1 Å². The molecule has 0 fully saturated rings. The minimum absolute atomic E-state index is 0.112. The minimum Gasteiger partial charge on any atom is -0.497 e. The van der Waals surface area contributed by atoms with Gasteiger partial charge in [0, 0.05) is 26.9 Å². The van der Waals surface area contributed by atoms with Gasteiger partial charge in [0.2, 0.25) is 10.0 Å². The Hall–Kier alpha value is -1.90. The lowest BCUT2D eigenvalue weighted by atomic mass is 10.1. The van der Waals surface area contributed by atoms with Crippen LogP contribution in [0.5, 0.6) is 5.75 Å². The largest absolute Gasteiger partial charge is 0.497 e. The first-order valence-electron chi connectivity index (χ1n) is 6.61. The van der Waals surface area contributed by atoms with E-state index in [2.05, 4.69) is 9.82 Å². The van der Waals surface area contributed by atoms with Crippen molar-refractivity contribution in [1.29, 1.82) is 0 Å². The quantitative estimate of drug-likeness (QED) is 0.824. The number of aromatic nitrogens is 2. The van der Waals surface area contributed by atoms with Crippen molar-refractivity contribution in [2.75, 3.05) is 20.8 Å². The van der Waals surface area contributed by atoms with Crippen LogP contribution in [0.3, 0.4) is 0 Å². The number of methoxy groups -OCH3 is 2. The summed E-state index contributed by atoms with van der Waals surface area (Å²) >= 11 is 0. The summed E-state index contributed by atoms with van der Waals surface area (Å²) in [4.78, 5) is 0.121. The molecule has 120 valence electrons. The zero-order chi connectivity index (χ0) is 16.2. The Bertz CT molecular complexity index is 727. The van der Waals surface area contributed by atoms with Crippen molar-refractivity contribution in [3.8, 4) is 5.75 Å². The molecule has 1 N–H and O–H groups in total. The number of nitrogens with zero attached hydrogens (tertiary/aromatic N) is 2. The fourth-order valence-electron chi connectivity index (χ4n) is 1.99. The van der Waals surface area contributed by atoms with Crippen molar-refractivity contribution >= 4 is 10.0 Å². The number of aryl methyl sites for hydroxylation is 1. The SMILES string of the molecule is COc1cccc(C(CNS(=O)(=O)c2cnn(C)c2)OC)c1. The normalized spacial score (nSPS) is 13.0. The lowest BCUT2D eigenvalue weighted by Gasteiger charge is -2.17. The van der Waals surface area contributed by atoms with Gasteiger partial charge in [-0.2, -0.15) is 5.10 Å². The molecule has 1 unspecified atom stereocenters. The van der Waals surface area contributed by atoms with E-state index in [1.807, 2.05) is 24.3 Å². The summed E-state index contributed by atoms with van der Waals surface area (Å²) in [6, 6.07) is 7.31. The van der Waals surface area contributed by atoms with E-state index in [0.29, 0.717) is 5.75 Å². The van der Waals surface area contributed by atoms with Gasteiger partial charge in [0.15, 0.2) is 0 Å². The van der Waals surface area contributed by atoms with Gasteiger partial charge in [-0.1, -0.05) is 12.1 Å². The molecule has 1 heterocycles. The van der Waals surface area contributed by atoms with E-state index in [9.17, 15) is 8.42 Å². The zero-order valence-corrected chi connectivity index (χ0v) is 13.5. The molecule has 0 aliphatic rings. The summed E-state index contributed by atoms with van der Waals surface area (Å²) in [5.74, 6) is 0.690. The second kappa shape index (κ2) is 6.91. The van der Waals surface area contributed by atoms with Gasteiger partial charge < -0.3 is 9.47 Å². The number of ether oxygens (including phenoxy) is 2. The summed E-state index contributed by atoms with van der Waals surface area (Å²) in [6.07, 6.45) is 2.33. The fraction of sp³-hybridized carbons (Fsp3) is 0.357. The van der Waals surface area contributed by atoms with E-state index in [1.165, 1.54) is 24.2 Å². The maximum Gasteiger partial charge on any atom is 0.243 e. The zero-order valence-electron chi connectivity index (χ0n) is 12.7. The smallest absolute Gasteiger partial charge is 0.243 e. The number of hydrogen-bond acceptors (Lipinski definition) is 5. The van der Waals surface area contributed by atoms with Crippen LogP contribution in [-0.4, -0.2) is 39.0 Å². The fourth-order valence-corrected chi connectivity index (χ4v) is 3.00. The van der Waals surface area contributed by atoms with Crippen molar-refractivity contribution < 1.29 is 17.9 Å². The Balaban J connectivity index is 2.10. The van der Waals surface area contributed by atoms with E-state index in [-0.39, 0.29) is 11.4 Å². The molecule has 2 rings (SSSR count). The summed E-state index contributed by atoms with van der Waals surface area (Å²) < 4.78 is 38.8. The summed E-state index contributed by atoms with van der Waals surface area (Å²) in [7, 11) is 1.15. The Morgan fingerprint density at radius 3 is 2.73 bits per heavy atom. The van der Waals surface area contributed by atoms with E-state index in [0.717, 1.165) is 5.56 Å². The van der Waals surface area contributed by atoms with Crippen LogP contribution in [0.4, 0.5) is 0 Å². The standard InChI is InChI=1S/C14H19N3O4S/c1-17-10-13(8-15-17)22(18,19)16-9-14(21-3)11-5-4-6-12(7-11)20-2/h4-8,10,14,16H,9H2,1-3H3. The highest BCUT2D eigenvalue weighted by molar-refractivity contribution is 7.89. The minimum atomic E-state index is -3.61. The Kier molecular flexibility index (Phi) is 5.17. The van der Waals surface area contributed by atoms with Crippen LogP contribution in [0.15, 0.2) is 41.6 Å². The average molecular weight is 325 g/mol. The third-order valence-electron chi connectivity index (χ3n) is 3.20. The van der Waals surface area contributed by atoms with Crippen molar-refractivity contribution in [1.82, 2.24) is 14.5 Å². The highest BCUT2D eigenvalue weighted by Gasteiger charge is 2.19. The molecule has 0 saturated carbocycles. The molecule has 22 heavy (non-hydrogen) atoms. The summed E-state index contributed by atoms with van der Waals surface area (Å²) in [6.45, 7) is 0.112. The Labute approximate surface area is 129 Å². The number of sulfonamides is 1. The number of hydrogen-bond donors (Lipinski definition) is 1. The summed E-state index contributed by atoms with van der Waals surface area (Å²) in [5.41, 5.74) is 0.829. The predicted octanol–water partition coefficient (Wildman–Crippen LogP) is 1.09. The third-order valence-corrected chi connectivity index (χ3v) is 4.58. The molecule has 2 aromatic rings. The second-order valence-corrected chi connectivity index (χ2v) is 6.47. The van der Waals surface area contributed by atoms with Crippen LogP contribution in [0.2, 0.25) is 0 Å². The van der Waals surface area contributed by atoms with Crippen LogP contribution >= 0.6 is 0 Å². The molecular formula is C14H19N3O4S. The van der Waals surface area contributed by atoms with Crippen LogP contribution in [0.1, 0.15) is 11.7 Å². The maximum absolute atomic E-state index is 12.2.